The first-order valence-corrected chi connectivity index (χ1v) is 14.9. The van der Waals surface area contributed by atoms with Crippen molar-refractivity contribution in [3.63, 3.8) is 0 Å². The van der Waals surface area contributed by atoms with Crippen molar-refractivity contribution in [2.24, 2.45) is 7.05 Å². The Hall–Kier alpha value is -5.53. The van der Waals surface area contributed by atoms with Crippen LogP contribution in [0.1, 0.15) is 74.0 Å². The number of esters is 1. The maximum Gasteiger partial charge on any atom is 0.366 e. The first-order chi connectivity index (χ1) is 21.7. The van der Waals surface area contributed by atoms with Gasteiger partial charge in [0.1, 0.15) is 17.8 Å². The van der Waals surface area contributed by atoms with Crippen molar-refractivity contribution in [3.8, 4) is 28.6 Å². The van der Waals surface area contributed by atoms with Crippen LogP contribution in [-0.2, 0) is 7.05 Å². The first-order valence-electron chi connectivity index (χ1n) is 14.9. The molecule has 0 atom stereocenters. The van der Waals surface area contributed by atoms with Gasteiger partial charge in [-0.25, -0.2) is 33.4 Å². The van der Waals surface area contributed by atoms with Crippen LogP contribution >= 0.6 is 0 Å². The maximum absolute atomic E-state index is 13.4. The summed E-state index contributed by atoms with van der Waals surface area (Å²) in [5.74, 6) is -1.03. The molecule has 0 spiro atoms. The average molecular weight is 610 g/mol. The summed E-state index contributed by atoms with van der Waals surface area (Å²) in [6.45, 7) is 3.81. The van der Waals surface area contributed by atoms with E-state index >= 15 is 0 Å². The number of aromatic nitrogens is 9. The molecule has 230 valence electrons. The molecule has 0 bridgehead atoms. The molecule has 1 saturated carbocycles. The molecule has 1 aliphatic carbocycles. The molecule has 0 unspecified atom stereocenters. The van der Waals surface area contributed by atoms with Crippen LogP contribution in [0.4, 0.5) is 0 Å². The van der Waals surface area contributed by atoms with Gasteiger partial charge in [-0.3, -0.25) is 0 Å². The minimum Gasteiger partial charge on any atom is -0.508 e. The van der Waals surface area contributed by atoms with Crippen LogP contribution in [0.25, 0.3) is 33.6 Å². The zero-order chi connectivity index (χ0) is 31.4. The summed E-state index contributed by atoms with van der Waals surface area (Å²) in [6.07, 6.45) is 9.27. The summed E-state index contributed by atoms with van der Waals surface area (Å²) >= 11 is 0. The molecule has 0 radical (unpaired) electrons. The molecule has 2 aromatic carbocycles. The van der Waals surface area contributed by atoms with Crippen molar-refractivity contribution in [1.29, 1.82) is 0 Å². The second-order valence-corrected chi connectivity index (χ2v) is 11.7. The van der Waals surface area contributed by atoms with Crippen LogP contribution in [0.15, 0.2) is 58.5 Å². The lowest BCUT2D eigenvalue weighted by Gasteiger charge is -2.24. The van der Waals surface area contributed by atoms with E-state index in [4.69, 9.17) is 4.74 Å². The number of H-pyrrole nitrogens is 1. The summed E-state index contributed by atoms with van der Waals surface area (Å²) in [7, 11) is 1.42. The Balaban J connectivity index is 1.32. The average Bonchev–Trinajstić information content (AvgIpc) is 3.76. The van der Waals surface area contributed by atoms with Crippen LogP contribution in [-0.4, -0.2) is 54.8 Å². The van der Waals surface area contributed by atoms with Crippen molar-refractivity contribution in [2.75, 3.05) is 0 Å². The monoisotopic (exact) mass is 609 g/mol. The molecular weight excluding hydrogens is 578 g/mol. The second kappa shape index (κ2) is 10.9. The normalized spacial score (nSPS) is 14.1. The molecule has 7 rings (SSSR count). The minimum absolute atomic E-state index is 0.0652. The number of hydrogen-bond donors (Lipinski definition) is 2. The van der Waals surface area contributed by atoms with Gasteiger partial charge >= 0.3 is 17.3 Å². The summed E-state index contributed by atoms with van der Waals surface area (Å²) in [4.78, 5) is 43.0. The van der Waals surface area contributed by atoms with E-state index in [1.165, 1.54) is 36.9 Å². The third-order valence-corrected chi connectivity index (χ3v) is 8.49. The number of aromatic hydroxyl groups is 1. The third kappa shape index (κ3) is 4.78. The fourth-order valence-electron chi connectivity index (χ4n) is 6.17. The van der Waals surface area contributed by atoms with Crippen molar-refractivity contribution < 1.29 is 14.6 Å². The van der Waals surface area contributed by atoms with Crippen LogP contribution in [0.2, 0.25) is 0 Å². The van der Waals surface area contributed by atoms with E-state index in [1.807, 2.05) is 38.1 Å². The van der Waals surface area contributed by atoms with Gasteiger partial charge in [0.25, 0.3) is 0 Å². The highest BCUT2D eigenvalue weighted by Gasteiger charge is 2.26. The predicted octanol–water partition coefficient (Wildman–Crippen LogP) is 3.87. The summed E-state index contributed by atoms with van der Waals surface area (Å²) in [6, 6.07) is 11.3. The standard InChI is InChI=1S/C31H31N9O5/c1-17(2)21-14-22(25(15-24(21)41)45-29(42)26-28-34-36-37(3)31(44)39(28)16-32-26)27-33-35-30(43)40(27)20-9-10-23-18(13-20)11-12-38(23)19-7-5-4-6-8-19/h9-17,19,41H,4-8H2,1-3H3,(H,35,43). The maximum atomic E-state index is 13.4. The highest BCUT2D eigenvalue weighted by molar-refractivity contribution is 5.96. The fourth-order valence-corrected chi connectivity index (χ4v) is 6.17. The molecule has 0 saturated heterocycles. The Kier molecular flexibility index (Phi) is 6.83. The zero-order valence-electron chi connectivity index (χ0n) is 25.0. The van der Waals surface area contributed by atoms with Gasteiger partial charge in [-0.2, -0.15) is 9.78 Å². The second-order valence-electron chi connectivity index (χ2n) is 11.7. The molecule has 0 amide bonds. The Morgan fingerprint density at radius 2 is 1.89 bits per heavy atom. The highest BCUT2D eigenvalue weighted by Crippen LogP contribution is 2.39. The van der Waals surface area contributed by atoms with E-state index in [1.54, 1.807) is 6.07 Å². The number of imidazole rings is 1. The van der Waals surface area contributed by atoms with Gasteiger partial charge < -0.3 is 14.4 Å². The Labute approximate surface area is 255 Å². The summed E-state index contributed by atoms with van der Waals surface area (Å²) in [5, 5.41) is 26.3. The molecule has 4 heterocycles. The molecule has 4 aromatic heterocycles. The molecule has 1 fully saturated rings. The van der Waals surface area contributed by atoms with E-state index in [2.05, 4.69) is 36.3 Å². The van der Waals surface area contributed by atoms with E-state index < -0.39 is 17.3 Å². The first kappa shape index (κ1) is 28.3. The number of ether oxygens (including phenoxy) is 1. The molecule has 14 nitrogen and oxygen atoms in total. The van der Waals surface area contributed by atoms with Crippen LogP contribution in [0.5, 0.6) is 11.5 Å². The third-order valence-electron chi connectivity index (χ3n) is 8.49. The number of benzene rings is 2. The molecule has 0 aliphatic heterocycles. The Morgan fingerprint density at radius 3 is 2.67 bits per heavy atom. The minimum atomic E-state index is -0.937. The van der Waals surface area contributed by atoms with Crippen molar-refractivity contribution in [1.82, 2.24) is 43.7 Å². The number of aryl methyl sites for hydroxylation is 1. The number of phenolic OH excluding ortho intramolecular Hbond substituents is 1. The van der Waals surface area contributed by atoms with Crippen LogP contribution in [0.3, 0.4) is 0 Å². The number of nitrogens with zero attached hydrogens (tertiary/aromatic N) is 8. The molecule has 1 aliphatic rings. The number of carbonyl (C=O) groups is 1. The number of hydrogen-bond acceptors (Lipinski definition) is 9. The quantitative estimate of drug-likeness (QED) is 0.210. The predicted molar refractivity (Wildman–Crippen MR) is 164 cm³/mol. The molecule has 2 N–H and O–H groups in total. The van der Waals surface area contributed by atoms with E-state index in [9.17, 15) is 19.5 Å². The van der Waals surface area contributed by atoms with Crippen molar-refractivity contribution in [2.45, 2.75) is 57.9 Å². The lowest BCUT2D eigenvalue weighted by Crippen LogP contribution is -2.27. The van der Waals surface area contributed by atoms with Gasteiger partial charge in [-0.15, -0.1) is 5.10 Å². The van der Waals surface area contributed by atoms with Gasteiger partial charge in [0.05, 0.1) is 11.3 Å². The number of carbonyl (C=O) groups excluding carboxylic acids is 1. The Bertz CT molecular complexity index is 2210. The number of phenols is 1. The van der Waals surface area contributed by atoms with Gasteiger partial charge in [0, 0.05) is 36.3 Å². The molecule has 14 heteroatoms. The number of aromatic amines is 1. The largest absolute Gasteiger partial charge is 0.508 e. The smallest absolute Gasteiger partial charge is 0.366 e. The van der Waals surface area contributed by atoms with Gasteiger partial charge in [0.2, 0.25) is 0 Å². The van der Waals surface area contributed by atoms with Gasteiger partial charge in [-0.1, -0.05) is 38.3 Å². The van der Waals surface area contributed by atoms with Gasteiger partial charge in [0.15, 0.2) is 17.2 Å². The highest BCUT2D eigenvalue weighted by atomic mass is 16.5. The van der Waals surface area contributed by atoms with Crippen molar-refractivity contribution >= 4 is 22.5 Å². The SMILES string of the molecule is CC(C)c1cc(-c2n[nH]c(=O)n2-c2ccc3c(ccn3C3CCCCC3)c2)c(OC(=O)c2ncn3c(=O)n(C)nnc23)cc1O. The summed E-state index contributed by atoms with van der Waals surface area (Å²) < 4.78 is 11.6. The fraction of sp³-hybridized carbons (Fsp3) is 0.323. The van der Waals surface area contributed by atoms with Gasteiger partial charge in [-0.05, 0) is 54.7 Å². The number of nitrogens with one attached hydrogen (secondary N) is 1. The topological polar surface area (TPSA) is 167 Å². The van der Waals surface area contributed by atoms with Crippen LogP contribution in [0, 0.1) is 0 Å². The van der Waals surface area contributed by atoms with E-state index in [0.717, 1.165) is 39.2 Å². The summed E-state index contributed by atoms with van der Waals surface area (Å²) in [5.41, 5.74) is 1.15. The van der Waals surface area contributed by atoms with Crippen LogP contribution < -0.4 is 16.1 Å². The van der Waals surface area contributed by atoms with Crippen molar-refractivity contribution in [3.05, 3.63) is 81.1 Å². The van der Waals surface area contributed by atoms with E-state index in [0.29, 0.717) is 17.3 Å². The number of fused-ring (bicyclic) bond motifs is 2. The lowest BCUT2D eigenvalue weighted by molar-refractivity contribution is 0.0731. The number of rotatable bonds is 6. The molecule has 45 heavy (non-hydrogen) atoms. The lowest BCUT2D eigenvalue weighted by atomic mass is 9.95. The zero-order valence-corrected chi connectivity index (χ0v) is 25.0. The molecule has 6 aromatic rings. The Morgan fingerprint density at radius 1 is 1.09 bits per heavy atom. The molecular formula is C31H31N9O5. The van der Waals surface area contributed by atoms with E-state index in [-0.39, 0.29) is 40.1 Å².